The zero-order valence-corrected chi connectivity index (χ0v) is 76.8. The summed E-state index contributed by atoms with van der Waals surface area (Å²) in [4.78, 5) is 255. The van der Waals surface area contributed by atoms with Crippen LogP contribution in [-0.2, 0) is 99.1 Å². The summed E-state index contributed by atoms with van der Waals surface area (Å²) in [5.41, 5.74) is 24.0. The number of carbonyl (C=O) groups is 18. The molecule has 39 nitrogen and oxygen atoms in total. The smallest absolute Gasteiger partial charge is 0.326 e. The van der Waals surface area contributed by atoms with Crippen LogP contribution in [0.3, 0.4) is 0 Å². The van der Waals surface area contributed by atoms with Crippen molar-refractivity contribution in [1.82, 2.24) is 58.5 Å². The molecule has 2 aromatic rings. The van der Waals surface area contributed by atoms with E-state index in [0.29, 0.717) is 24.0 Å². The number of ketones is 6. The van der Waals surface area contributed by atoms with Crippen molar-refractivity contribution < 1.29 is 107 Å². The second-order valence-corrected chi connectivity index (χ2v) is 36.0. The molecule has 0 fully saturated rings. The molecule has 130 heavy (non-hydrogen) atoms. The van der Waals surface area contributed by atoms with Gasteiger partial charge in [0, 0.05) is 101 Å². The third-order valence-electron chi connectivity index (χ3n) is 22.6. The number of carboxylic acids is 2. The zero-order chi connectivity index (χ0) is 97.8. The number of carboxylic acid groups (broad SMARTS) is 2. The van der Waals surface area contributed by atoms with Crippen LogP contribution in [0.5, 0.6) is 5.75 Å². The Bertz CT molecular complexity index is 4230. The summed E-state index contributed by atoms with van der Waals surface area (Å²) in [5.74, 6) is -26.4. The molecule has 0 spiro atoms. The molecule has 0 aromatic heterocycles. The Balaban J connectivity index is 2.30. The van der Waals surface area contributed by atoms with Gasteiger partial charge in [-0.15, -0.1) is 0 Å². The predicted octanol–water partition coefficient (Wildman–Crippen LogP) is 2.04. The van der Waals surface area contributed by atoms with Crippen molar-refractivity contribution in [3.8, 4) is 5.75 Å². The fourth-order valence-corrected chi connectivity index (χ4v) is 14.6. The lowest BCUT2D eigenvalue weighted by molar-refractivity contribution is -0.142. The van der Waals surface area contributed by atoms with Gasteiger partial charge in [0.2, 0.25) is 59.1 Å². The number of rotatable bonds is 48. The van der Waals surface area contributed by atoms with E-state index in [1.54, 1.807) is 84.0 Å². The molecule has 10 amide bonds. The Kier molecular flexibility index (Phi) is 49.4. The molecule has 39 heteroatoms. The Morgan fingerprint density at radius 1 is 0.577 bits per heavy atom. The molecule has 0 radical (unpaired) electrons. The topological polar surface area (TPSA) is 672 Å². The molecule has 722 valence electrons. The number of aliphatic carboxylic acids is 2. The molecule has 3 rings (SSSR count). The summed E-state index contributed by atoms with van der Waals surface area (Å²) >= 11 is 0. The van der Waals surface area contributed by atoms with Crippen LogP contribution in [0.25, 0.3) is 0 Å². The molecule has 1 aliphatic heterocycles. The first kappa shape index (κ1) is 112. The van der Waals surface area contributed by atoms with Crippen molar-refractivity contribution >= 4 is 118 Å². The van der Waals surface area contributed by atoms with Crippen LogP contribution in [0, 0.1) is 69.5 Å². The molecule has 1 heterocycles. The zero-order valence-electron chi connectivity index (χ0n) is 76.8. The quantitative estimate of drug-likeness (QED) is 0.0195. The molecule has 1 aliphatic rings. The standard InChI is InChI=1S/C91H141N17O22/c1-12-53(8)79(108-81(122)57(23-18-38-98-89(94)95)45-73(115)68(40-50(2)3)106-85(126)63(92)41-55-26-28-60(110)29-27-55)74(116)47-62(51(4)5)84(125)104-66(30-33-75(93)117)72(114)44-56-22-16-17-24-64(70(112)32-34-76(118)101-69(88(129)130)42-54-20-14-13-15-21-54)102-83(124)59(49-109)43-61(111)48-100-86(127)67(31-35-77(119)120)105-87(128)78(52(6)7)107-82(123)58(36-37-91(9,10)11)46-71(113)65(103-80(56)121)25-19-39-99-90(96)97/h13-17,20-21,26-29,50-53,56-59,62-69,78-79,109-110H,12,18-19,22-25,30-49,92H2,1-11H3,(H2,93,117)(H,100,127)(H,101,118)(H,102,124)(H,103,121)(H,104,125)(H,105,128)(H,106,126)(H,107,123)(H,108,122)(H,119,120)(H,129,130)(H4,94,95,98)(H4,96,97,99)/b17-16+/t53?,56-,57-,58-,59?,62+,63-,64-,65+,66+,67-,68+,69-,78+,79+/m0/s1. The lowest BCUT2D eigenvalue weighted by Gasteiger charge is -2.29. The Labute approximate surface area is 759 Å². The van der Waals surface area contributed by atoms with E-state index in [9.17, 15) is 82.8 Å². The SMILES string of the molecule is CCC(C)[C@@H](NC(=O)[C@@H](CCCNC(=N)N)CC(=O)[C@@H](CC(C)C)NC(=O)[C@@H](N)Cc1ccc(O)cc1)C(=O)C[C@@H](C(=O)N[C@H](CCC(N)=O)C(=O)C[C@@H]1C/C=C/C[C@@H](C(=O)CCC(=O)N[C@@H](Cc2ccccc2)C(=O)O)NC(=O)C(CO)CC(=O)CNC(=O)[C@H](CCC(=O)O)NC(=O)[C@@H](C(C)C)NC(=O)[C@@H](CCC(C)(C)C)CC(=O)[C@@H](CCCNC(=N)N)NC1=O)C(C)C. The van der Waals surface area contributed by atoms with Crippen molar-refractivity contribution in [2.75, 3.05) is 26.2 Å². The Morgan fingerprint density at radius 3 is 1.75 bits per heavy atom. The lowest BCUT2D eigenvalue weighted by Crippen LogP contribution is -2.56. The minimum absolute atomic E-state index is 0.00376. The Hall–Kier alpha value is -11.9. The fourth-order valence-electron chi connectivity index (χ4n) is 14.6. The minimum atomic E-state index is -1.67. The normalized spacial score (nSPS) is 20.0. The van der Waals surface area contributed by atoms with Gasteiger partial charge in [0.25, 0.3) is 0 Å². The Morgan fingerprint density at radius 2 is 1.18 bits per heavy atom. The van der Waals surface area contributed by atoms with E-state index in [2.05, 4.69) is 58.5 Å². The second-order valence-electron chi connectivity index (χ2n) is 36.0. The number of aliphatic hydroxyl groups is 1. The highest BCUT2D eigenvalue weighted by molar-refractivity contribution is 6.01. The number of nitrogens with one attached hydrogen (secondary N) is 13. The number of phenols is 1. The van der Waals surface area contributed by atoms with Gasteiger partial charge in [-0.2, -0.15) is 0 Å². The number of carbonyl (C=O) groups excluding carboxylic acids is 16. The first-order valence-electron chi connectivity index (χ1n) is 44.6. The second kappa shape index (κ2) is 57.2. The average molecular weight is 1830 g/mol. The van der Waals surface area contributed by atoms with Gasteiger partial charge in [-0.25, -0.2) is 4.79 Å². The maximum atomic E-state index is 15.5. The first-order chi connectivity index (χ1) is 61.0. The summed E-state index contributed by atoms with van der Waals surface area (Å²) in [6.07, 6.45) is -4.47. The van der Waals surface area contributed by atoms with Gasteiger partial charge < -0.3 is 102 Å². The molecule has 25 N–H and O–H groups in total. The minimum Gasteiger partial charge on any atom is -0.508 e. The summed E-state index contributed by atoms with van der Waals surface area (Å²) < 4.78 is 0. The maximum absolute atomic E-state index is 15.5. The summed E-state index contributed by atoms with van der Waals surface area (Å²) in [5, 5.41) is 84.5. The van der Waals surface area contributed by atoms with Gasteiger partial charge in [0.15, 0.2) is 46.6 Å². The number of nitrogens with two attached hydrogens (primary N) is 4. The molecule has 2 aromatic carbocycles. The van der Waals surface area contributed by atoms with Crippen LogP contribution in [0.1, 0.15) is 222 Å². The molecule has 0 aliphatic carbocycles. The van der Waals surface area contributed by atoms with Crippen molar-refractivity contribution in [3.05, 3.63) is 77.9 Å². The van der Waals surface area contributed by atoms with E-state index >= 15 is 24.0 Å². The monoisotopic (exact) mass is 1820 g/mol. The summed E-state index contributed by atoms with van der Waals surface area (Å²) in [7, 11) is 0. The number of primary amides is 1. The first-order valence-corrected chi connectivity index (χ1v) is 44.6. The third kappa shape index (κ3) is 43.0. The number of hydrogen-bond acceptors (Lipinski definition) is 23. The molecular weight excluding hydrogens is 1680 g/mol. The van der Waals surface area contributed by atoms with Crippen LogP contribution in [-0.4, -0.2) is 219 Å². The van der Waals surface area contributed by atoms with Gasteiger partial charge in [-0.3, -0.25) is 92.3 Å². The van der Waals surface area contributed by atoms with E-state index in [-0.39, 0.29) is 82.1 Å². The van der Waals surface area contributed by atoms with Gasteiger partial charge >= 0.3 is 11.9 Å². The highest BCUT2D eigenvalue weighted by Gasteiger charge is 2.40. The van der Waals surface area contributed by atoms with E-state index in [0.717, 1.165) is 0 Å². The number of Topliss-reactive ketones (excluding diaryl/α,β-unsaturated/α-hetero) is 6. The number of hydrogen-bond donors (Lipinski definition) is 21. The number of aliphatic hydroxyl groups excluding tert-OH is 1. The average Bonchev–Trinajstić information content (AvgIpc) is 0.843. The lowest BCUT2D eigenvalue weighted by atomic mass is 9.83. The summed E-state index contributed by atoms with van der Waals surface area (Å²) in [6.45, 7) is 17.2. The van der Waals surface area contributed by atoms with Crippen molar-refractivity contribution in [2.24, 2.45) is 81.6 Å². The highest BCUT2D eigenvalue weighted by atomic mass is 16.4. The van der Waals surface area contributed by atoms with E-state index < -0.39 is 315 Å². The molecule has 0 bridgehead atoms. The number of amides is 10. The van der Waals surface area contributed by atoms with Crippen molar-refractivity contribution in [2.45, 2.75) is 278 Å². The van der Waals surface area contributed by atoms with Crippen molar-refractivity contribution in [1.29, 1.82) is 10.8 Å². The van der Waals surface area contributed by atoms with Crippen LogP contribution >= 0.6 is 0 Å². The van der Waals surface area contributed by atoms with Crippen LogP contribution in [0.15, 0.2) is 66.7 Å². The van der Waals surface area contributed by atoms with Crippen LogP contribution < -0.4 is 81.4 Å². The number of guanidine groups is 2. The van der Waals surface area contributed by atoms with Gasteiger partial charge in [-0.05, 0) is 129 Å². The predicted molar refractivity (Wildman–Crippen MR) is 482 cm³/mol. The van der Waals surface area contributed by atoms with Crippen LogP contribution in [0.2, 0.25) is 0 Å². The number of allylic oxidation sites excluding steroid dienone is 1. The van der Waals surface area contributed by atoms with E-state index in [1.165, 1.54) is 24.3 Å². The molecular formula is C91H141N17O22. The molecule has 0 saturated carbocycles. The van der Waals surface area contributed by atoms with Crippen molar-refractivity contribution in [3.63, 3.8) is 0 Å². The molecule has 15 atom stereocenters. The van der Waals surface area contributed by atoms with Gasteiger partial charge in [0.1, 0.15) is 23.9 Å². The van der Waals surface area contributed by atoms with E-state index in [4.69, 9.17) is 33.8 Å². The number of phenolic OH excluding ortho intramolecular Hbond substituents is 1. The fraction of sp³-hybridized carbons (Fsp3) is 0.626. The van der Waals surface area contributed by atoms with Gasteiger partial charge in [-0.1, -0.05) is 137 Å². The molecule has 2 unspecified atom stereocenters. The third-order valence-corrected chi connectivity index (χ3v) is 22.6. The maximum Gasteiger partial charge on any atom is 0.326 e. The highest BCUT2D eigenvalue weighted by Crippen LogP contribution is 2.29. The van der Waals surface area contributed by atoms with Crippen LogP contribution in [0.4, 0.5) is 0 Å². The molecule has 0 saturated heterocycles. The largest absolute Gasteiger partial charge is 0.508 e. The summed E-state index contributed by atoms with van der Waals surface area (Å²) in [6, 6.07) is 1.41. The number of aromatic hydroxyl groups is 1. The number of benzene rings is 2. The van der Waals surface area contributed by atoms with E-state index in [1.807, 2.05) is 34.6 Å². The van der Waals surface area contributed by atoms with Gasteiger partial charge in [0.05, 0.1) is 55.3 Å².